The fraction of sp³-hybridized carbons (Fsp3) is 0.273. The summed E-state index contributed by atoms with van der Waals surface area (Å²) < 4.78 is 25.5. The summed E-state index contributed by atoms with van der Waals surface area (Å²) in [6.45, 7) is 1.32. The Hall–Kier alpha value is -3.15. The van der Waals surface area contributed by atoms with E-state index in [0.29, 0.717) is 43.8 Å². The average molecular weight is 378 g/mol. The van der Waals surface area contributed by atoms with Crippen molar-refractivity contribution in [2.24, 2.45) is 5.92 Å². The molecule has 0 fully saturated rings. The van der Waals surface area contributed by atoms with E-state index in [1.807, 2.05) is 29.2 Å². The van der Waals surface area contributed by atoms with Crippen LogP contribution in [-0.4, -0.2) is 29.1 Å². The summed E-state index contributed by atoms with van der Waals surface area (Å²) in [4.78, 5) is 14.9. The van der Waals surface area contributed by atoms with Gasteiger partial charge in [-0.2, -0.15) is 0 Å². The van der Waals surface area contributed by atoms with Gasteiger partial charge in [0.05, 0.1) is 12.5 Å². The van der Waals surface area contributed by atoms with E-state index in [4.69, 9.17) is 9.26 Å². The molecule has 0 aliphatic carbocycles. The Morgan fingerprint density at radius 2 is 1.96 bits per heavy atom. The zero-order valence-corrected chi connectivity index (χ0v) is 15.2. The molecule has 5 rings (SSSR count). The van der Waals surface area contributed by atoms with Crippen molar-refractivity contribution in [3.05, 3.63) is 71.2 Å². The minimum absolute atomic E-state index is 0.0563. The number of rotatable bonds is 2. The molecule has 142 valence electrons. The number of nitrogens with zero attached hydrogens (tertiary/aromatic N) is 2. The lowest BCUT2D eigenvalue weighted by molar-refractivity contribution is -0.137. The maximum Gasteiger partial charge on any atom is 0.229 e. The predicted octanol–water partition coefficient (Wildman–Crippen LogP) is 3.62. The van der Waals surface area contributed by atoms with E-state index < -0.39 is 0 Å². The molecule has 28 heavy (non-hydrogen) atoms. The van der Waals surface area contributed by atoms with E-state index in [1.165, 1.54) is 6.07 Å². The zero-order chi connectivity index (χ0) is 19.1. The third kappa shape index (κ3) is 2.85. The van der Waals surface area contributed by atoms with E-state index >= 15 is 0 Å². The Kier molecular flexibility index (Phi) is 4.11. The van der Waals surface area contributed by atoms with Crippen molar-refractivity contribution in [1.82, 2.24) is 10.1 Å². The Morgan fingerprint density at radius 1 is 1.14 bits per heavy atom. The highest BCUT2D eigenvalue weighted by Crippen LogP contribution is 2.33. The molecule has 0 N–H and O–H groups in total. The fourth-order valence-corrected chi connectivity index (χ4v) is 4.01. The number of carbonyl (C=O) groups is 1. The summed E-state index contributed by atoms with van der Waals surface area (Å²) in [5.41, 5.74) is 2.73. The number of ether oxygens (including phenoxy) is 1. The first kappa shape index (κ1) is 17.0. The van der Waals surface area contributed by atoms with Crippen molar-refractivity contribution >= 4 is 5.91 Å². The smallest absolute Gasteiger partial charge is 0.229 e. The summed E-state index contributed by atoms with van der Waals surface area (Å²) in [5.74, 6) is 1.08. The van der Waals surface area contributed by atoms with Gasteiger partial charge >= 0.3 is 0 Å². The van der Waals surface area contributed by atoms with Crippen molar-refractivity contribution in [3.63, 3.8) is 0 Å². The van der Waals surface area contributed by atoms with Crippen LogP contribution in [0.3, 0.4) is 0 Å². The van der Waals surface area contributed by atoms with E-state index in [9.17, 15) is 9.18 Å². The average Bonchev–Trinajstić information content (AvgIpc) is 3.16. The van der Waals surface area contributed by atoms with Crippen LogP contribution in [0, 0.1) is 11.7 Å². The maximum absolute atomic E-state index is 14.2. The van der Waals surface area contributed by atoms with Gasteiger partial charge in [0.15, 0.2) is 0 Å². The number of aromatic nitrogens is 1. The van der Waals surface area contributed by atoms with Crippen molar-refractivity contribution in [1.29, 1.82) is 0 Å². The number of hydrogen-bond acceptors (Lipinski definition) is 4. The summed E-state index contributed by atoms with van der Waals surface area (Å²) in [7, 11) is 0. The Balaban J connectivity index is 1.38. The van der Waals surface area contributed by atoms with Crippen LogP contribution < -0.4 is 4.74 Å². The van der Waals surface area contributed by atoms with Gasteiger partial charge in [0.1, 0.15) is 29.6 Å². The standard InChI is InChI=1S/C22H19FN2O3/c23-18-7-3-2-6-16(18)21-17-12-25(10-9-20(17)28-24-21)22(26)15-11-14-5-1-4-8-19(14)27-13-15/h1-8,15H,9-13H2/t15-/m0/s1. The molecule has 2 aliphatic rings. The van der Waals surface area contributed by atoms with Crippen LogP contribution in [0.1, 0.15) is 16.9 Å². The molecule has 2 aliphatic heterocycles. The second-order valence-electron chi connectivity index (χ2n) is 7.24. The van der Waals surface area contributed by atoms with Gasteiger partial charge in [-0.05, 0) is 30.2 Å². The molecule has 0 unspecified atom stereocenters. The molecule has 0 spiro atoms. The largest absolute Gasteiger partial charge is 0.492 e. The molecule has 5 nitrogen and oxygen atoms in total. The summed E-state index contributed by atoms with van der Waals surface area (Å²) in [6.07, 6.45) is 1.24. The maximum atomic E-state index is 14.2. The third-order valence-electron chi connectivity index (χ3n) is 5.50. The molecule has 0 radical (unpaired) electrons. The van der Waals surface area contributed by atoms with Gasteiger partial charge in [-0.1, -0.05) is 35.5 Å². The number of amides is 1. The van der Waals surface area contributed by atoms with Crippen LogP contribution in [0.2, 0.25) is 0 Å². The van der Waals surface area contributed by atoms with Crippen LogP contribution in [0.5, 0.6) is 5.75 Å². The quantitative estimate of drug-likeness (QED) is 0.684. The van der Waals surface area contributed by atoms with E-state index in [2.05, 4.69) is 5.16 Å². The normalized spacial score (nSPS) is 18.2. The van der Waals surface area contributed by atoms with Crippen LogP contribution in [0.4, 0.5) is 4.39 Å². The third-order valence-corrected chi connectivity index (χ3v) is 5.50. The minimum atomic E-state index is -0.348. The lowest BCUT2D eigenvalue weighted by atomic mass is 9.94. The Labute approximate surface area is 161 Å². The van der Waals surface area contributed by atoms with Gasteiger partial charge in [-0.25, -0.2) is 4.39 Å². The molecule has 0 saturated carbocycles. The van der Waals surface area contributed by atoms with Crippen molar-refractivity contribution < 1.29 is 18.4 Å². The molecule has 6 heteroatoms. The molecule has 0 saturated heterocycles. The second kappa shape index (κ2) is 6.78. The van der Waals surface area contributed by atoms with Gasteiger partial charge in [-0.15, -0.1) is 0 Å². The van der Waals surface area contributed by atoms with Crippen LogP contribution >= 0.6 is 0 Å². The van der Waals surface area contributed by atoms with Crippen LogP contribution in [0.15, 0.2) is 53.1 Å². The zero-order valence-electron chi connectivity index (χ0n) is 15.2. The number of benzene rings is 2. The van der Waals surface area contributed by atoms with Gasteiger partial charge in [-0.3, -0.25) is 4.79 Å². The number of carbonyl (C=O) groups excluding carboxylic acids is 1. The number of fused-ring (bicyclic) bond motifs is 2. The van der Waals surface area contributed by atoms with Gasteiger partial charge < -0.3 is 14.2 Å². The monoisotopic (exact) mass is 378 g/mol. The number of halogens is 1. The SMILES string of the molecule is O=C([C@@H]1COc2ccccc2C1)N1CCc2onc(-c3ccccc3F)c2C1. The molecule has 1 aromatic heterocycles. The van der Waals surface area contributed by atoms with Crippen molar-refractivity contribution in [3.8, 4) is 17.0 Å². The van der Waals surface area contributed by atoms with Crippen LogP contribution in [-0.2, 0) is 24.2 Å². The first-order valence-electron chi connectivity index (χ1n) is 9.42. The number of para-hydroxylation sites is 1. The second-order valence-corrected chi connectivity index (χ2v) is 7.24. The van der Waals surface area contributed by atoms with Crippen LogP contribution in [0.25, 0.3) is 11.3 Å². The van der Waals surface area contributed by atoms with E-state index in [-0.39, 0.29) is 17.6 Å². The molecule has 1 amide bonds. The van der Waals surface area contributed by atoms with Crippen molar-refractivity contribution in [2.45, 2.75) is 19.4 Å². The highest BCUT2D eigenvalue weighted by molar-refractivity contribution is 5.80. The molecule has 1 atom stereocenters. The topological polar surface area (TPSA) is 55.6 Å². The summed E-state index contributed by atoms with van der Waals surface area (Å²) in [6, 6.07) is 14.3. The Morgan fingerprint density at radius 3 is 2.86 bits per heavy atom. The molecule has 0 bridgehead atoms. The molecular formula is C22H19FN2O3. The Bertz CT molecular complexity index is 1050. The predicted molar refractivity (Wildman–Crippen MR) is 100 cm³/mol. The molecule has 2 aromatic carbocycles. The van der Waals surface area contributed by atoms with Crippen molar-refractivity contribution in [2.75, 3.05) is 13.2 Å². The number of hydrogen-bond donors (Lipinski definition) is 0. The highest BCUT2D eigenvalue weighted by Gasteiger charge is 2.33. The summed E-state index contributed by atoms with van der Waals surface area (Å²) >= 11 is 0. The lowest BCUT2D eigenvalue weighted by Gasteiger charge is -2.32. The van der Waals surface area contributed by atoms with E-state index in [1.54, 1.807) is 18.2 Å². The minimum Gasteiger partial charge on any atom is -0.492 e. The van der Waals surface area contributed by atoms with E-state index in [0.717, 1.165) is 22.6 Å². The van der Waals surface area contributed by atoms with Gasteiger partial charge in [0, 0.05) is 24.1 Å². The fourth-order valence-electron chi connectivity index (χ4n) is 4.01. The van der Waals surface area contributed by atoms with Gasteiger partial charge in [0.2, 0.25) is 5.91 Å². The first-order valence-corrected chi connectivity index (χ1v) is 9.42. The summed E-state index contributed by atoms with van der Waals surface area (Å²) in [5, 5.41) is 4.09. The molecule has 3 aromatic rings. The highest BCUT2D eigenvalue weighted by atomic mass is 19.1. The van der Waals surface area contributed by atoms with Gasteiger partial charge in [0.25, 0.3) is 0 Å². The molecule has 3 heterocycles. The lowest BCUT2D eigenvalue weighted by Crippen LogP contribution is -2.43. The molecular weight excluding hydrogens is 359 g/mol. The first-order chi connectivity index (χ1) is 13.7.